The molecule has 3 aromatic rings. The first-order valence-electron chi connectivity index (χ1n) is 10.6. The molecule has 3 heterocycles. The highest BCUT2D eigenvalue weighted by molar-refractivity contribution is 6.03. The molecule has 188 valence electrons. The van der Waals surface area contributed by atoms with Gasteiger partial charge in [0.2, 0.25) is 5.82 Å². The lowest BCUT2D eigenvalue weighted by molar-refractivity contribution is 0.0633. The second-order valence-electron chi connectivity index (χ2n) is 8.77. The fourth-order valence-electron chi connectivity index (χ4n) is 2.82. The van der Waals surface area contributed by atoms with Gasteiger partial charge >= 0.3 is 12.1 Å². The average molecular weight is 486 g/mol. The molecule has 12 nitrogen and oxygen atoms in total. The molecule has 3 aromatic heterocycles. The molecule has 0 aliphatic heterocycles. The minimum absolute atomic E-state index is 0.0346. The van der Waals surface area contributed by atoms with E-state index in [0.29, 0.717) is 5.69 Å². The van der Waals surface area contributed by atoms with E-state index in [2.05, 4.69) is 20.6 Å². The molecule has 0 unspecified atom stereocenters. The van der Waals surface area contributed by atoms with Crippen LogP contribution in [0.25, 0.3) is 0 Å². The molecule has 3 rings (SSSR count). The van der Waals surface area contributed by atoms with Crippen molar-refractivity contribution in [2.24, 2.45) is 14.1 Å². The zero-order valence-corrected chi connectivity index (χ0v) is 20.9. The summed E-state index contributed by atoms with van der Waals surface area (Å²) < 4.78 is 7.94. The van der Waals surface area contributed by atoms with Gasteiger partial charge in [0.15, 0.2) is 5.82 Å². The number of carbonyl (C=O) groups is 3. The highest BCUT2D eigenvalue weighted by Crippen LogP contribution is 2.16. The maximum Gasteiger partial charge on any atom is 0.413 e. The van der Waals surface area contributed by atoms with Gasteiger partial charge in [0.1, 0.15) is 11.3 Å². The van der Waals surface area contributed by atoms with Gasteiger partial charge in [0.05, 0.1) is 5.69 Å². The van der Waals surface area contributed by atoms with Gasteiger partial charge in [0.25, 0.3) is 5.91 Å². The summed E-state index contributed by atoms with van der Waals surface area (Å²) in [4.78, 5) is 45.2. The van der Waals surface area contributed by atoms with Crippen LogP contribution in [0.1, 0.15) is 41.9 Å². The molecule has 0 aliphatic carbocycles. The number of aromatic carboxylic acids is 1. The molecule has 2 amide bonds. The summed E-state index contributed by atoms with van der Waals surface area (Å²) in [7, 11) is 7.17. The number of ether oxygens (including phenoxy) is 1. The van der Waals surface area contributed by atoms with E-state index in [9.17, 15) is 14.4 Å². The van der Waals surface area contributed by atoms with Gasteiger partial charge in [0, 0.05) is 58.7 Å². The summed E-state index contributed by atoms with van der Waals surface area (Å²) in [6.45, 7) is 5.19. The number of nitrogens with one attached hydrogen (secondary N) is 2. The fourth-order valence-corrected chi connectivity index (χ4v) is 2.82. The van der Waals surface area contributed by atoms with Crippen LogP contribution in [0.3, 0.4) is 0 Å². The number of hydrogen-bond acceptors (Lipinski definition) is 7. The molecular weight excluding hydrogens is 454 g/mol. The van der Waals surface area contributed by atoms with E-state index >= 15 is 0 Å². The lowest BCUT2D eigenvalue weighted by Gasteiger charge is -2.18. The summed E-state index contributed by atoms with van der Waals surface area (Å²) in [5, 5.41) is 14.1. The van der Waals surface area contributed by atoms with Crippen molar-refractivity contribution in [2.45, 2.75) is 26.4 Å². The van der Waals surface area contributed by atoms with Crippen molar-refractivity contribution in [2.75, 3.05) is 29.6 Å². The Hall–Kier alpha value is -4.35. The number of carbonyl (C=O) groups excluding carboxylic acids is 2. The van der Waals surface area contributed by atoms with Gasteiger partial charge in [-0.05, 0) is 39.0 Å². The summed E-state index contributed by atoms with van der Waals surface area (Å²) in [5.41, 5.74) is 0.880. The van der Waals surface area contributed by atoms with E-state index in [1.807, 2.05) is 31.1 Å². The minimum atomic E-state index is -1.10. The normalized spacial score (nSPS) is 10.6. The molecule has 0 fully saturated rings. The monoisotopic (exact) mass is 485 g/mol. The fraction of sp³-hybridized carbons (Fsp3) is 0.348. The van der Waals surface area contributed by atoms with Crippen molar-refractivity contribution >= 4 is 35.2 Å². The van der Waals surface area contributed by atoms with Crippen molar-refractivity contribution < 1.29 is 24.2 Å². The Morgan fingerprint density at radius 1 is 1.03 bits per heavy atom. The number of aryl methyl sites for hydroxylation is 2. The van der Waals surface area contributed by atoms with Crippen LogP contribution in [0, 0.1) is 0 Å². The molecule has 12 heteroatoms. The van der Waals surface area contributed by atoms with E-state index in [0.717, 1.165) is 0 Å². The van der Waals surface area contributed by atoms with Gasteiger partial charge in [-0.15, -0.1) is 0 Å². The maximum atomic E-state index is 12.4. The highest BCUT2D eigenvalue weighted by Gasteiger charge is 2.20. The lowest BCUT2D eigenvalue weighted by atomic mass is 10.2. The van der Waals surface area contributed by atoms with Crippen molar-refractivity contribution in [3.8, 4) is 0 Å². The van der Waals surface area contributed by atoms with Crippen LogP contribution in [-0.2, 0) is 18.8 Å². The lowest BCUT2D eigenvalue weighted by Crippen LogP contribution is -2.27. The van der Waals surface area contributed by atoms with Crippen LogP contribution in [0.15, 0.2) is 43.0 Å². The summed E-state index contributed by atoms with van der Waals surface area (Å²) in [6.07, 6.45) is 5.83. The standard InChI is InChI=1S/C16H21N5O5.C7H10N2/c1-16(2,3)26-15(25)19-11-8-21(5)12(18-11)13(22)17-9-6-10(14(23)24)20(4)7-9;1-9(2)7-3-5-8-6-4-7/h6-8H,1-5H3,(H,17,22)(H,19,25)(H,23,24);3-6H,1-2H3. The van der Waals surface area contributed by atoms with Crippen LogP contribution in [0.5, 0.6) is 0 Å². The van der Waals surface area contributed by atoms with Crippen molar-refractivity contribution in [1.82, 2.24) is 19.1 Å². The molecule has 0 aromatic carbocycles. The first-order chi connectivity index (χ1) is 16.3. The molecule has 0 bridgehead atoms. The van der Waals surface area contributed by atoms with E-state index in [1.165, 1.54) is 33.3 Å². The molecule has 0 spiro atoms. The molecule has 0 saturated heterocycles. The molecule has 0 aliphatic rings. The van der Waals surface area contributed by atoms with E-state index in [-0.39, 0.29) is 17.3 Å². The van der Waals surface area contributed by atoms with Gasteiger partial charge in [-0.2, -0.15) is 0 Å². The first-order valence-corrected chi connectivity index (χ1v) is 10.6. The van der Waals surface area contributed by atoms with Crippen molar-refractivity contribution in [3.63, 3.8) is 0 Å². The third-order valence-electron chi connectivity index (χ3n) is 4.37. The van der Waals surface area contributed by atoms with Gasteiger partial charge in [-0.3, -0.25) is 15.1 Å². The van der Waals surface area contributed by atoms with Gasteiger partial charge in [-0.25, -0.2) is 14.6 Å². The molecule has 0 saturated carbocycles. The van der Waals surface area contributed by atoms with Crippen LogP contribution in [-0.4, -0.2) is 61.9 Å². The van der Waals surface area contributed by atoms with Crippen LogP contribution >= 0.6 is 0 Å². The number of rotatable bonds is 5. The topological polar surface area (TPSA) is 144 Å². The zero-order chi connectivity index (χ0) is 26.3. The average Bonchev–Trinajstić information content (AvgIpc) is 3.29. The van der Waals surface area contributed by atoms with Crippen molar-refractivity contribution in [1.29, 1.82) is 0 Å². The first kappa shape index (κ1) is 26.9. The summed E-state index contributed by atoms with van der Waals surface area (Å²) in [5.74, 6) is -1.45. The number of amides is 2. The Morgan fingerprint density at radius 2 is 1.66 bits per heavy atom. The van der Waals surface area contributed by atoms with Gasteiger partial charge < -0.3 is 29.2 Å². The van der Waals surface area contributed by atoms with E-state index in [1.54, 1.807) is 47.3 Å². The number of carboxylic acid groups (broad SMARTS) is 1. The SMILES string of the molecule is CN(C)c1ccncc1.Cn1cc(NC(=O)c2nc(NC(=O)OC(C)(C)C)cn2C)cc1C(=O)O. The summed E-state index contributed by atoms with van der Waals surface area (Å²) >= 11 is 0. The second-order valence-corrected chi connectivity index (χ2v) is 8.77. The molecule has 3 N–H and O–H groups in total. The largest absolute Gasteiger partial charge is 0.477 e. The number of nitrogens with zero attached hydrogens (tertiary/aromatic N) is 5. The predicted octanol–water partition coefficient (Wildman–Crippen LogP) is 3.20. The number of hydrogen-bond donors (Lipinski definition) is 3. The smallest absolute Gasteiger partial charge is 0.413 e. The third kappa shape index (κ3) is 8.18. The van der Waals surface area contributed by atoms with Crippen LogP contribution in [0.2, 0.25) is 0 Å². The number of anilines is 3. The van der Waals surface area contributed by atoms with Crippen LogP contribution < -0.4 is 15.5 Å². The quantitative estimate of drug-likeness (QED) is 0.500. The number of aromatic nitrogens is 4. The van der Waals surface area contributed by atoms with Crippen LogP contribution in [0.4, 0.5) is 22.0 Å². The third-order valence-corrected chi connectivity index (χ3v) is 4.37. The minimum Gasteiger partial charge on any atom is -0.477 e. The number of imidazole rings is 1. The molecule has 0 radical (unpaired) electrons. The highest BCUT2D eigenvalue weighted by atomic mass is 16.6. The Morgan fingerprint density at radius 3 is 2.14 bits per heavy atom. The molecule has 0 atom stereocenters. The molecular formula is C23H31N7O5. The van der Waals surface area contributed by atoms with E-state index < -0.39 is 23.6 Å². The van der Waals surface area contributed by atoms with Crippen molar-refractivity contribution in [3.05, 3.63) is 54.5 Å². The Labute approximate surface area is 203 Å². The van der Waals surface area contributed by atoms with E-state index in [4.69, 9.17) is 9.84 Å². The zero-order valence-electron chi connectivity index (χ0n) is 20.9. The predicted molar refractivity (Wildman–Crippen MR) is 132 cm³/mol. The number of pyridine rings is 1. The summed E-state index contributed by atoms with van der Waals surface area (Å²) in [6, 6.07) is 5.28. The Kier molecular flexibility index (Phi) is 8.59. The number of carboxylic acids is 1. The Balaban J connectivity index is 0.000000402. The maximum absolute atomic E-state index is 12.4. The molecule has 35 heavy (non-hydrogen) atoms. The second kappa shape index (κ2) is 11.2. The van der Waals surface area contributed by atoms with Gasteiger partial charge in [-0.1, -0.05) is 0 Å². The Bertz CT molecular complexity index is 1180.